The topological polar surface area (TPSA) is 55.4 Å². The van der Waals surface area contributed by atoms with E-state index in [1.807, 2.05) is 24.3 Å². The molecule has 1 aliphatic heterocycles. The Morgan fingerprint density at radius 3 is 2.17 bits per heavy atom. The van der Waals surface area contributed by atoms with Crippen molar-refractivity contribution in [1.82, 2.24) is 9.21 Å². The first-order chi connectivity index (χ1) is 8.49. The first-order valence-corrected chi connectivity index (χ1v) is 7.77. The van der Waals surface area contributed by atoms with Gasteiger partial charge >= 0.3 is 0 Å². The Kier molecular flexibility index (Phi) is 3.61. The fraction of sp³-hybridized carbons (Fsp3) is 0.500. The van der Waals surface area contributed by atoms with Crippen molar-refractivity contribution in [1.29, 1.82) is 0 Å². The van der Waals surface area contributed by atoms with Gasteiger partial charge in [0.05, 0.1) is 13.4 Å². The van der Waals surface area contributed by atoms with E-state index in [-0.39, 0.29) is 3.89 Å². The summed E-state index contributed by atoms with van der Waals surface area (Å²) in [6.07, 6.45) is 1.31. The van der Waals surface area contributed by atoms with Gasteiger partial charge in [-0.25, -0.2) is 0 Å². The molecule has 0 saturated carbocycles. The second-order valence-electron chi connectivity index (χ2n) is 4.52. The number of hydrogen-bond donors (Lipinski definition) is 1. The molecule has 0 aromatic heterocycles. The van der Waals surface area contributed by atoms with Crippen molar-refractivity contribution in [2.75, 3.05) is 39.5 Å². The fourth-order valence-corrected chi connectivity index (χ4v) is 3.74. The molecule has 1 fully saturated rings. The number of methoxy groups -OCH3 is 1. The zero-order chi connectivity index (χ0) is 13.2. The summed E-state index contributed by atoms with van der Waals surface area (Å²) in [7, 11) is -1.61. The lowest BCUT2D eigenvalue weighted by atomic mass is 10.2. The summed E-state index contributed by atoms with van der Waals surface area (Å²) < 4.78 is 29.5. The minimum absolute atomic E-state index is 0.0179. The van der Waals surface area contributed by atoms with Crippen molar-refractivity contribution in [3.8, 4) is 5.75 Å². The summed E-state index contributed by atoms with van der Waals surface area (Å²) in [5.41, 5.74) is 0.805. The highest BCUT2D eigenvalue weighted by atomic mass is 32.2. The van der Waals surface area contributed by atoms with Gasteiger partial charge in [0.2, 0.25) is 0 Å². The number of sulfonamides is 1. The van der Waals surface area contributed by atoms with Crippen LogP contribution in [0, 0.1) is 0 Å². The predicted molar refractivity (Wildman–Crippen MR) is 72.2 cm³/mol. The fourth-order valence-electron chi connectivity index (χ4n) is 2.39. The van der Waals surface area contributed by atoms with E-state index in [1.54, 1.807) is 7.11 Å². The summed E-state index contributed by atoms with van der Waals surface area (Å²) in [5, 5.41) is 3.20. The number of rotatable bonds is 3. The second-order valence-corrected chi connectivity index (χ2v) is 6.68. The molecule has 0 amide bonds. The molecule has 0 aliphatic carbocycles. The average molecular weight is 271 g/mol. The molecule has 1 N–H and O–H groups in total. The van der Waals surface area contributed by atoms with Crippen LogP contribution in [0.5, 0.6) is 5.75 Å². The molecule has 1 heterocycles. The van der Waals surface area contributed by atoms with E-state index in [0.29, 0.717) is 26.2 Å². The smallest absolute Gasteiger partial charge is 0.299 e. The average Bonchev–Trinajstić information content (AvgIpc) is 2.38. The number of ether oxygens (including phenoxy) is 1. The summed E-state index contributed by atoms with van der Waals surface area (Å²) in [5.74, 6) is 0.737. The molecule has 100 valence electrons. The van der Waals surface area contributed by atoms with Gasteiger partial charge in [-0.3, -0.25) is 0 Å². The molecule has 0 radical (unpaired) electrons. The SMILES string of the molecule is COc1ccc([N+]2(S(C)(=O)=O)CCNCC2)cc1. The van der Waals surface area contributed by atoms with Crippen LogP contribution in [0.1, 0.15) is 0 Å². The van der Waals surface area contributed by atoms with Gasteiger partial charge in [-0.05, 0) is 12.1 Å². The zero-order valence-corrected chi connectivity index (χ0v) is 11.5. The Morgan fingerprint density at radius 1 is 1.17 bits per heavy atom. The molecule has 6 heteroatoms. The van der Waals surface area contributed by atoms with E-state index in [9.17, 15) is 8.42 Å². The number of benzene rings is 1. The third-order valence-electron chi connectivity index (χ3n) is 3.48. The second kappa shape index (κ2) is 4.87. The molecular weight excluding hydrogens is 252 g/mol. The maximum absolute atomic E-state index is 12.2. The maximum atomic E-state index is 12.2. The summed E-state index contributed by atoms with van der Waals surface area (Å²) in [4.78, 5) is 0. The highest BCUT2D eigenvalue weighted by Gasteiger charge is 2.42. The Bertz CT molecular complexity index is 505. The predicted octanol–water partition coefficient (Wildman–Crippen LogP) is 0.565. The molecule has 1 aromatic rings. The zero-order valence-electron chi connectivity index (χ0n) is 10.7. The Labute approximate surface area is 108 Å². The van der Waals surface area contributed by atoms with Crippen LogP contribution in [-0.4, -0.2) is 48.0 Å². The standard InChI is InChI=1S/C12H19N2O3S/c1-17-12-5-3-11(4-6-12)14(18(2,15)16)9-7-13-8-10-14/h3-6,13H,7-10H2,1-2H3/q+1. The first-order valence-electron chi connectivity index (χ1n) is 5.92. The van der Waals surface area contributed by atoms with Crippen molar-refractivity contribution < 1.29 is 13.2 Å². The lowest BCUT2D eigenvalue weighted by Gasteiger charge is -2.38. The molecular formula is C12H19N2O3S+. The van der Waals surface area contributed by atoms with Crippen molar-refractivity contribution in [3.63, 3.8) is 0 Å². The third kappa shape index (κ3) is 2.23. The molecule has 1 aliphatic rings. The maximum Gasteiger partial charge on any atom is 0.299 e. The quantitative estimate of drug-likeness (QED) is 0.817. The summed E-state index contributed by atoms with van der Waals surface area (Å²) in [6.45, 7) is 2.54. The van der Waals surface area contributed by atoms with E-state index < -0.39 is 10.0 Å². The molecule has 0 atom stereocenters. The van der Waals surface area contributed by atoms with Crippen molar-refractivity contribution in [2.24, 2.45) is 0 Å². The highest BCUT2D eigenvalue weighted by Crippen LogP contribution is 2.29. The van der Waals surface area contributed by atoms with Gasteiger partial charge in [-0.15, -0.1) is 0 Å². The van der Waals surface area contributed by atoms with Gasteiger partial charge in [-0.1, -0.05) is 0 Å². The summed E-state index contributed by atoms with van der Waals surface area (Å²) in [6, 6.07) is 7.29. The van der Waals surface area contributed by atoms with Gasteiger partial charge in [0.1, 0.15) is 24.5 Å². The molecule has 0 bridgehead atoms. The normalized spacial score (nSPS) is 19.4. The molecule has 1 saturated heterocycles. The number of nitrogens with zero attached hydrogens (tertiary/aromatic N) is 1. The van der Waals surface area contributed by atoms with Crippen LogP contribution in [-0.2, 0) is 10.0 Å². The van der Waals surface area contributed by atoms with Gasteiger partial charge in [0.25, 0.3) is 10.0 Å². The van der Waals surface area contributed by atoms with Gasteiger partial charge in [-0.2, -0.15) is 12.3 Å². The summed E-state index contributed by atoms with van der Waals surface area (Å²) >= 11 is 0. The van der Waals surface area contributed by atoms with Crippen molar-refractivity contribution in [3.05, 3.63) is 24.3 Å². The molecule has 18 heavy (non-hydrogen) atoms. The Balaban J connectivity index is 2.46. The lowest BCUT2D eigenvalue weighted by molar-refractivity contribution is 0.357. The van der Waals surface area contributed by atoms with Crippen LogP contribution in [0.15, 0.2) is 24.3 Å². The van der Waals surface area contributed by atoms with E-state index in [2.05, 4.69) is 5.32 Å². The van der Waals surface area contributed by atoms with Gasteiger partial charge in [0, 0.05) is 25.2 Å². The number of quaternary nitrogens is 1. The first kappa shape index (κ1) is 13.3. The molecule has 5 nitrogen and oxygen atoms in total. The van der Waals surface area contributed by atoms with Gasteiger partial charge in [0.15, 0.2) is 0 Å². The van der Waals surface area contributed by atoms with E-state index >= 15 is 0 Å². The van der Waals surface area contributed by atoms with Crippen LogP contribution < -0.4 is 13.9 Å². The largest absolute Gasteiger partial charge is 0.497 e. The minimum Gasteiger partial charge on any atom is -0.497 e. The minimum atomic E-state index is -3.20. The highest BCUT2D eigenvalue weighted by molar-refractivity contribution is 7.90. The van der Waals surface area contributed by atoms with E-state index in [4.69, 9.17) is 4.74 Å². The number of nitrogens with one attached hydrogen (secondary N) is 1. The van der Waals surface area contributed by atoms with E-state index in [0.717, 1.165) is 11.4 Å². The van der Waals surface area contributed by atoms with Crippen LogP contribution in [0.25, 0.3) is 0 Å². The Morgan fingerprint density at radius 2 is 1.72 bits per heavy atom. The molecule has 2 rings (SSSR count). The van der Waals surface area contributed by atoms with Crippen LogP contribution in [0.3, 0.4) is 0 Å². The van der Waals surface area contributed by atoms with Crippen LogP contribution in [0.2, 0.25) is 0 Å². The van der Waals surface area contributed by atoms with Crippen LogP contribution in [0.4, 0.5) is 5.69 Å². The third-order valence-corrected chi connectivity index (χ3v) is 5.32. The van der Waals surface area contributed by atoms with E-state index in [1.165, 1.54) is 6.26 Å². The molecule has 0 unspecified atom stereocenters. The molecule has 0 spiro atoms. The number of hydrogen-bond acceptors (Lipinski definition) is 4. The monoisotopic (exact) mass is 271 g/mol. The van der Waals surface area contributed by atoms with Crippen LogP contribution >= 0.6 is 0 Å². The van der Waals surface area contributed by atoms with Gasteiger partial charge < -0.3 is 10.1 Å². The van der Waals surface area contributed by atoms with Crippen molar-refractivity contribution >= 4 is 15.7 Å². The Hall–Kier alpha value is -1.11. The number of piperazine rings is 1. The molecule has 1 aromatic carbocycles. The van der Waals surface area contributed by atoms with Crippen molar-refractivity contribution in [2.45, 2.75) is 0 Å². The lowest BCUT2D eigenvalue weighted by Crippen LogP contribution is -2.62.